The molecular formula is C16H11F3N4O5. The van der Waals surface area contributed by atoms with Gasteiger partial charge < -0.3 is 15.2 Å². The molecule has 3 aromatic rings. The first-order valence-corrected chi connectivity index (χ1v) is 7.58. The summed E-state index contributed by atoms with van der Waals surface area (Å²) in [4.78, 5) is 28.4. The molecule has 0 aliphatic rings. The van der Waals surface area contributed by atoms with Crippen LogP contribution in [0.5, 0.6) is 5.75 Å². The largest absolute Gasteiger partial charge is 0.481 e. The van der Waals surface area contributed by atoms with Gasteiger partial charge in [-0.2, -0.15) is 13.2 Å². The lowest BCUT2D eigenvalue weighted by Gasteiger charge is -2.14. The van der Waals surface area contributed by atoms with Crippen LogP contribution < -0.4 is 15.8 Å². The molecule has 0 atom stereocenters. The van der Waals surface area contributed by atoms with Crippen LogP contribution >= 0.6 is 0 Å². The van der Waals surface area contributed by atoms with Crippen LogP contribution in [0.4, 0.5) is 24.7 Å². The first kappa shape index (κ1) is 18.9. The van der Waals surface area contributed by atoms with Crippen molar-refractivity contribution in [1.29, 1.82) is 0 Å². The van der Waals surface area contributed by atoms with E-state index in [0.29, 0.717) is 0 Å². The number of aromatic nitrogens is 3. The van der Waals surface area contributed by atoms with Crippen LogP contribution in [0.15, 0.2) is 45.8 Å². The smallest absolute Gasteiger partial charge is 0.439 e. The lowest BCUT2D eigenvalue weighted by atomic mass is 10.2. The second-order valence-corrected chi connectivity index (χ2v) is 5.36. The maximum absolute atomic E-state index is 12.7. The molecule has 0 amide bonds. The standard InChI is InChI=1S/C16H11F3N4O5/c17-16(18,19)8-1-3-9(4-2-8)21-13-12(14-22-15(26)28-23-14)10(5-6-20-13)27-7-11(24)25/h1-6H,7H2,(H,20,21)(H,24,25)(H,22,23,26). The van der Waals surface area contributed by atoms with Crippen LogP contribution in [0, 0.1) is 0 Å². The summed E-state index contributed by atoms with van der Waals surface area (Å²) in [5, 5.41) is 15.1. The summed E-state index contributed by atoms with van der Waals surface area (Å²) in [6.45, 7) is -0.682. The first-order valence-electron chi connectivity index (χ1n) is 7.58. The Morgan fingerprint density at radius 3 is 2.54 bits per heavy atom. The molecule has 3 N–H and O–H groups in total. The van der Waals surface area contributed by atoms with Gasteiger partial charge in [-0.15, -0.1) is 0 Å². The van der Waals surface area contributed by atoms with Crippen molar-refractivity contribution < 1.29 is 32.3 Å². The predicted octanol–water partition coefficient (Wildman–Crippen LogP) is 2.65. The number of rotatable bonds is 6. The zero-order valence-electron chi connectivity index (χ0n) is 13.8. The quantitative estimate of drug-likeness (QED) is 0.580. The van der Waals surface area contributed by atoms with Gasteiger partial charge in [-0.05, 0) is 30.3 Å². The van der Waals surface area contributed by atoms with Crippen molar-refractivity contribution in [3.63, 3.8) is 0 Å². The monoisotopic (exact) mass is 396 g/mol. The van der Waals surface area contributed by atoms with Crippen molar-refractivity contribution in [2.45, 2.75) is 6.18 Å². The van der Waals surface area contributed by atoms with Crippen LogP contribution in [0.2, 0.25) is 0 Å². The number of halogens is 3. The van der Waals surface area contributed by atoms with E-state index in [4.69, 9.17) is 9.84 Å². The van der Waals surface area contributed by atoms with E-state index in [1.165, 1.54) is 24.4 Å². The molecule has 0 spiro atoms. The molecule has 146 valence electrons. The van der Waals surface area contributed by atoms with Crippen molar-refractivity contribution in [3.05, 3.63) is 52.6 Å². The Hall–Kier alpha value is -3.83. The maximum atomic E-state index is 12.7. The minimum atomic E-state index is -4.48. The fraction of sp³-hybridized carbons (Fsp3) is 0.125. The Morgan fingerprint density at radius 1 is 1.25 bits per heavy atom. The van der Waals surface area contributed by atoms with Crippen molar-refractivity contribution >= 4 is 17.5 Å². The molecule has 0 saturated carbocycles. The number of pyridine rings is 1. The Kier molecular flexibility index (Phi) is 5.02. The highest BCUT2D eigenvalue weighted by Gasteiger charge is 2.30. The van der Waals surface area contributed by atoms with Gasteiger partial charge in [0.2, 0.25) is 0 Å². The third-order valence-corrected chi connectivity index (χ3v) is 3.42. The van der Waals surface area contributed by atoms with E-state index in [1.807, 2.05) is 0 Å². The molecule has 12 heteroatoms. The third-order valence-electron chi connectivity index (χ3n) is 3.42. The number of nitrogens with zero attached hydrogens (tertiary/aromatic N) is 2. The summed E-state index contributed by atoms with van der Waals surface area (Å²) < 4.78 is 47.7. The lowest BCUT2D eigenvalue weighted by Crippen LogP contribution is -2.11. The summed E-state index contributed by atoms with van der Waals surface area (Å²) in [5.74, 6) is -2.16. The number of nitrogens with one attached hydrogen (secondary N) is 2. The molecular weight excluding hydrogens is 385 g/mol. The number of hydrogen-bond donors (Lipinski definition) is 3. The Labute approximate surface area is 153 Å². The molecule has 0 saturated heterocycles. The number of H-pyrrole nitrogens is 1. The van der Waals surface area contributed by atoms with Gasteiger partial charge in [0.05, 0.1) is 5.56 Å². The number of alkyl halides is 3. The highest BCUT2D eigenvalue weighted by molar-refractivity contribution is 5.80. The molecule has 28 heavy (non-hydrogen) atoms. The Morgan fingerprint density at radius 2 is 1.96 bits per heavy atom. The van der Waals surface area contributed by atoms with Crippen LogP contribution in [-0.2, 0) is 11.0 Å². The van der Waals surface area contributed by atoms with E-state index in [9.17, 15) is 22.8 Å². The van der Waals surface area contributed by atoms with E-state index in [1.54, 1.807) is 0 Å². The van der Waals surface area contributed by atoms with Gasteiger partial charge in [0.25, 0.3) is 0 Å². The van der Waals surface area contributed by atoms with Crippen LogP contribution in [0.3, 0.4) is 0 Å². The fourth-order valence-corrected chi connectivity index (χ4v) is 2.24. The predicted molar refractivity (Wildman–Crippen MR) is 88.2 cm³/mol. The summed E-state index contributed by atoms with van der Waals surface area (Å²) in [5.41, 5.74) is -0.511. The highest BCUT2D eigenvalue weighted by Crippen LogP contribution is 2.35. The molecule has 0 aliphatic heterocycles. The minimum Gasteiger partial charge on any atom is -0.481 e. The third kappa shape index (κ3) is 4.28. The van der Waals surface area contributed by atoms with Crippen LogP contribution in [-0.4, -0.2) is 32.8 Å². The second-order valence-electron chi connectivity index (χ2n) is 5.36. The van der Waals surface area contributed by atoms with Gasteiger partial charge in [-0.25, -0.2) is 14.6 Å². The van der Waals surface area contributed by atoms with Crippen molar-refractivity contribution in [1.82, 2.24) is 15.1 Å². The molecule has 2 aromatic heterocycles. The number of benzene rings is 1. The highest BCUT2D eigenvalue weighted by atomic mass is 19.4. The SMILES string of the molecule is O=C(O)COc1ccnc(Nc2ccc(C(F)(F)F)cc2)c1-c1noc(=O)[nH]1. The van der Waals surface area contributed by atoms with Gasteiger partial charge in [0.1, 0.15) is 17.1 Å². The first-order chi connectivity index (χ1) is 13.2. The average Bonchev–Trinajstić information content (AvgIpc) is 3.05. The molecule has 9 nitrogen and oxygen atoms in total. The molecule has 3 rings (SSSR count). The number of anilines is 2. The Balaban J connectivity index is 1.99. The molecule has 0 radical (unpaired) electrons. The van der Waals surface area contributed by atoms with Gasteiger partial charge >= 0.3 is 17.9 Å². The minimum absolute atomic E-state index is 0.0105. The fourth-order valence-electron chi connectivity index (χ4n) is 2.24. The number of carbonyl (C=O) groups is 1. The Bertz CT molecular complexity index is 1040. The van der Waals surface area contributed by atoms with Gasteiger partial charge in [0, 0.05) is 11.9 Å². The normalized spacial score (nSPS) is 11.2. The van der Waals surface area contributed by atoms with Crippen molar-refractivity contribution in [3.8, 4) is 17.1 Å². The van der Waals surface area contributed by atoms with E-state index < -0.39 is 30.1 Å². The summed E-state index contributed by atoms with van der Waals surface area (Å²) in [7, 11) is 0. The average molecular weight is 396 g/mol. The van der Waals surface area contributed by atoms with Gasteiger partial charge in [-0.1, -0.05) is 5.16 Å². The van der Waals surface area contributed by atoms with E-state index in [2.05, 4.69) is 25.0 Å². The topological polar surface area (TPSA) is 130 Å². The summed E-state index contributed by atoms with van der Waals surface area (Å²) in [6.07, 6.45) is -3.20. The molecule has 0 fully saturated rings. The van der Waals surface area contributed by atoms with E-state index >= 15 is 0 Å². The van der Waals surface area contributed by atoms with Gasteiger partial charge in [0.15, 0.2) is 12.4 Å². The van der Waals surface area contributed by atoms with Crippen molar-refractivity contribution in [2.24, 2.45) is 0 Å². The van der Waals surface area contributed by atoms with Gasteiger partial charge in [-0.3, -0.25) is 9.51 Å². The zero-order chi connectivity index (χ0) is 20.3. The van der Waals surface area contributed by atoms with E-state index in [0.717, 1.165) is 12.1 Å². The van der Waals surface area contributed by atoms with Crippen LogP contribution in [0.1, 0.15) is 5.56 Å². The molecule has 0 bridgehead atoms. The lowest BCUT2D eigenvalue weighted by molar-refractivity contribution is -0.139. The molecule has 0 unspecified atom stereocenters. The number of aliphatic carboxylic acids is 1. The number of hydrogen-bond acceptors (Lipinski definition) is 7. The second kappa shape index (κ2) is 7.42. The summed E-state index contributed by atoms with van der Waals surface area (Å²) in [6, 6.07) is 5.47. The van der Waals surface area contributed by atoms with Crippen LogP contribution in [0.25, 0.3) is 11.4 Å². The maximum Gasteiger partial charge on any atom is 0.439 e. The molecule has 0 aliphatic carbocycles. The zero-order valence-corrected chi connectivity index (χ0v) is 13.8. The van der Waals surface area contributed by atoms with Crippen molar-refractivity contribution in [2.75, 3.05) is 11.9 Å². The number of aromatic amines is 1. The summed E-state index contributed by atoms with van der Waals surface area (Å²) >= 11 is 0. The number of carboxylic acid groups (broad SMARTS) is 1. The molecule has 2 heterocycles. The molecule has 1 aromatic carbocycles. The van der Waals surface area contributed by atoms with E-state index in [-0.39, 0.29) is 28.6 Å². The number of carboxylic acids is 1. The number of ether oxygens (including phenoxy) is 1.